The molecule has 2 aromatic carbocycles. The number of para-hydroxylation sites is 1. The first-order chi connectivity index (χ1) is 10.2. The standard InChI is InChI=1S/C19H23NO/c1-4-21-16-9-5-7-14(11-16)18-12-15-8-6-10-17(13(2)3)19(15)20-18/h5-11,13,18,20H,4,12H2,1-3H3. The quantitative estimate of drug-likeness (QED) is 0.859. The Bertz CT molecular complexity index is 633. The Hall–Kier alpha value is -1.96. The van der Waals surface area contributed by atoms with E-state index in [1.54, 1.807) is 0 Å². The molecule has 1 aliphatic rings. The number of ether oxygens (including phenoxy) is 1. The number of rotatable bonds is 4. The molecular formula is C19H23NO. The van der Waals surface area contributed by atoms with E-state index in [2.05, 4.69) is 55.6 Å². The molecule has 0 aliphatic carbocycles. The van der Waals surface area contributed by atoms with E-state index in [9.17, 15) is 0 Å². The lowest BCUT2D eigenvalue weighted by Crippen LogP contribution is -2.07. The van der Waals surface area contributed by atoms with E-state index in [0.29, 0.717) is 18.6 Å². The van der Waals surface area contributed by atoms with Gasteiger partial charge in [-0.1, -0.05) is 44.2 Å². The van der Waals surface area contributed by atoms with Gasteiger partial charge in [-0.15, -0.1) is 0 Å². The van der Waals surface area contributed by atoms with Gasteiger partial charge in [-0.3, -0.25) is 0 Å². The molecule has 1 unspecified atom stereocenters. The van der Waals surface area contributed by atoms with Crippen molar-refractivity contribution in [2.45, 2.75) is 39.2 Å². The Morgan fingerprint density at radius 1 is 1.19 bits per heavy atom. The molecule has 0 saturated carbocycles. The smallest absolute Gasteiger partial charge is 0.119 e. The molecule has 0 fully saturated rings. The third kappa shape index (κ3) is 2.76. The van der Waals surface area contributed by atoms with Gasteiger partial charge in [0, 0.05) is 5.69 Å². The zero-order valence-corrected chi connectivity index (χ0v) is 13.0. The van der Waals surface area contributed by atoms with Crippen LogP contribution in [0, 0.1) is 0 Å². The van der Waals surface area contributed by atoms with Gasteiger partial charge in [-0.25, -0.2) is 0 Å². The average Bonchev–Trinajstić information content (AvgIpc) is 2.91. The van der Waals surface area contributed by atoms with Crippen molar-refractivity contribution in [3.8, 4) is 5.75 Å². The molecule has 110 valence electrons. The molecule has 21 heavy (non-hydrogen) atoms. The zero-order chi connectivity index (χ0) is 14.8. The Morgan fingerprint density at radius 3 is 2.76 bits per heavy atom. The van der Waals surface area contributed by atoms with E-state index >= 15 is 0 Å². The minimum Gasteiger partial charge on any atom is -0.494 e. The van der Waals surface area contributed by atoms with Crippen LogP contribution < -0.4 is 10.1 Å². The summed E-state index contributed by atoms with van der Waals surface area (Å²) in [6, 6.07) is 15.4. The summed E-state index contributed by atoms with van der Waals surface area (Å²) in [5.74, 6) is 1.50. The molecule has 0 bridgehead atoms. The molecule has 1 N–H and O–H groups in total. The molecule has 0 saturated heterocycles. The highest BCUT2D eigenvalue weighted by molar-refractivity contribution is 5.64. The van der Waals surface area contributed by atoms with Gasteiger partial charge in [0.15, 0.2) is 0 Å². The Kier molecular flexibility index (Phi) is 3.87. The second kappa shape index (κ2) is 5.80. The predicted octanol–water partition coefficient (Wildman–Crippen LogP) is 4.92. The normalized spacial score (nSPS) is 16.7. The maximum absolute atomic E-state index is 5.62. The highest BCUT2D eigenvalue weighted by Gasteiger charge is 2.24. The summed E-state index contributed by atoms with van der Waals surface area (Å²) >= 11 is 0. The van der Waals surface area contributed by atoms with Gasteiger partial charge in [-0.2, -0.15) is 0 Å². The van der Waals surface area contributed by atoms with Crippen LogP contribution in [0.1, 0.15) is 49.4 Å². The van der Waals surface area contributed by atoms with Gasteiger partial charge >= 0.3 is 0 Å². The minimum atomic E-state index is 0.348. The van der Waals surface area contributed by atoms with Crippen LogP contribution in [-0.2, 0) is 6.42 Å². The minimum absolute atomic E-state index is 0.348. The molecule has 2 aromatic rings. The summed E-state index contributed by atoms with van der Waals surface area (Å²) in [7, 11) is 0. The van der Waals surface area contributed by atoms with Crippen LogP contribution in [0.4, 0.5) is 5.69 Å². The number of anilines is 1. The zero-order valence-electron chi connectivity index (χ0n) is 13.0. The Labute approximate surface area is 127 Å². The monoisotopic (exact) mass is 281 g/mol. The Balaban J connectivity index is 1.87. The van der Waals surface area contributed by atoms with Gasteiger partial charge in [-0.05, 0) is 48.1 Å². The van der Waals surface area contributed by atoms with E-state index in [1.807, 2.05) is 13.0 Å². The molecule has 0 amide bonds. The van der Waals surface area contributed by atoms with Crippen LogP contribution in [0.2, 0.25) is 0 Å². The molecule has 0 radical (unpaired) electrons. The van der Waals surface area contributed by atoms with Gasteiger partial charge in [0.05, 0.1) is 12.6 Å². The second-order valence-corrected chi connectivity index (χ2v) is 5.94. The number of nitrogens with one attached hydrogen (secondary N) is 1. The van der Waals surface area contributed by atoms with Crippen molar-refractivity contribution >= 4 is 5.69 Å². The summed E-state index contributed by atoms with van der Waals surface area (Å²) in [5.41, 5.74) is 5.47. The predicted molar refractivity (Wildman–Crippen MR) is 88.2 cm³/mol. The average molecular weight is 281 g/mol. The SMILES string of the molecule is CCOc1cccc(C2Cc3cccc(C(C)C)c3N2)c1. The Morgan fingerprint density at radius 2 is 2.00 bits per heavy atom. The lowest BCUT2D eigenvalue weighted by atomic mass is 9.97. The lowest BCUT2D eigenvalue weighted by molar-refractivity contribution is 0.339. The van der Waals surface area contributed by atoms with Crippen LogP contribution in [-0.4, -0.2) is 6.61 Å². The number of hydrogen-bond acceptors (Lipinski definition) is 2. The van der Waals surface area contributed by atoms with Gasteiger partial charge < -0.3 is 10.1 Å². The number of fused-ring (bicyclic) bond motifs is 1. The molecule has 2 nitrogen and oxygen atoms in total. The van der Waals surface area contributed by atoms with Crippen molar-refractivity contribution in [1.29, 1.82) is 0 Å². The van der Waals surface area contributed by atoms with Crippen LogP contribution in [0.3, 0.4) is 0 Å². The molecule has 1 heterocycles. The van der Waals surface area contributed by atoms with E-state index in [0.717, 1.165) is 12.2 Å². The fourth-order valence-electron chi connectivity index (χ4n) is 3.08. The molecule has 3 rings (SSSR count). The third-order valence-corrected chi connectivity index (χ3v) is 4.12. The molecule has 0 aromatic heterocycles. The highest BCUT2D eigenvalue weighted by atomic mass is 16.5. The second-order valence-electron chi connectivity index (χ2n) is 5.94. The van der Waals surface area contributed by atoms with Crippen molar-refractivity contribution in [2.75, 3.05) is 11.9 Å². The van der Waals surface area contributed by atoms with Crippen LogP contribution >= 0.6 is 0 Å². The van der Waals surface area contributed by atoms with Crippen LogP contribution in [0.15, 0.2) is 42.5 Å². The van der Waals surface area contributed by atoms with Gasteiger partial charge in [0.2, 0.25) is 0 Å². The van der Waals surface area contributed by atoms with Crippen molar-refractivity contribution < 1.29 is 4.74 Å². The van der Waals surface area contributed by atoms with Crippen LogP contribution in [0.5, 0.6) is 5.75 Å². The van der Waals surface area contributed by atoms with E-state index in [4.69, 9.17) is 4.74 Å². The first-order valence-electron chi connectivity index (χ1n) is 7.80. The fraction of sp³-hybridized carbons (Fsp3) is 0.368. The molecule has 1 atom stereocenters. The summed E-state index contributed by atoms with van der Waals surface area (Å²) in [4.78, 5) is 0. The highest BCUT2D eigenvalue weighted by Crippen LogP contribution is 2.39. The maximum Gasteiger partial charge on any atom is 0.119 e. The summed E-state index contributed by atoms with van der Waals surface area (Å²) in [6.45, 7) is 7.23. The number of benzene rings is 2. The van der Waals surface area contributed by atoms with E-state index in [1.165, 1.54) is 22.4 Å². The topological polar surface area (TPSA) is 21.3 Å². The van der Waals surface area contributed by atoms with E-state index < -0.39 is 0 Å². The largest absolute Gasteiger partial charge is 0.494 e. The van der Waals surface area contributed by atoms with Gasteiger partial charge in [0.25, 0.3) is 0 Å². The maximum atomic E-state index is 5.62. The summed E-state index contributed by atoms with van der Waals surface area (Å²) < 4.78 is 5.62. The van der Waals surface area contributed by atoms with Gasteiger partial charge in [0.1, 0.15) is 5.75 Å². The van der Waals surface area contributed by atoms with Crippen molar-refractivity contribution in [3.05, 3.63) is 59.2 Å². The van der Waals surface area contributed by atoms with Crippen molar-refractivity contribution in [2.24, 2.45) is 0 Å². The summed E-state index contributed by atoms with van der Waals surface area (Å²) in [5, 5.41) is 3.71. The molecule has 2 heteroatoms. The van der Waals surface area contributed by atoms with Crippen molar-refractivity contribution in [3.63, 3.8) is 0 Å². The first-order valence-corrected chi connectivity index (χ1v) is 7.80. The third-order valence-electron chi connectivity index (χ3n) is 4.12. The fourth-order valence-corrected chi connectivity index (χ4v) is 3.08. The molecular weight excluding hydrogens is 258 g/mol. The van der Waals surface area contributed by atoms with E-state index in [-0.39, 0.29) is 0 Å². The van der Waals surface area contributed by atoms with Crippen molar-refractivity contribution in [1.82, 2.24) is 0 Å². The first kappa shape index (κ1) is 14.0. The van der Waals surface area contributed by atoms with Crippen LogP contribution in [0.25, 0.3) is 0 Å². The molecule has 0 spiro atoms. The number of hydrogen-bond donors (Lipinski definition) is 1. The molecule has 1 aliphatic heterocycles. The summed E-state index contributed by atoms with van der Waals surface area (Å²) in [6.07, 6.45) is 1.05. The lowest BCUT2D eigenvalue weighted by Gasteiger charge is -2.16.